The molecule has 15 heavy (non-hydrogen) atoms. The molecule has 0 bridgehead atoms. The van der Waals surface area contributed by atoms with Gasteiger partial charge in [-0.3, -0.25) is 0 Å². The van der Waals surface area contributed by atoms with Gasteiger partial charge in [-0.1, -0.05) is 37.3 Å². The van der Waals surface area contributed by atoms with Crippen LogP contribution in [0, 0.1) is 0 Å². The summed E-state index contributed by atoms with van der Waals surface area (Å²) in [6.07, 6.45) is 0. The van der Waals surface area contributed by atoms with Crippen molar-refractivity contribution >= 4 is 9.04 Å². The molecule has 1 rings (SSSR count). The summed E-state index contributed by atoms with van der Waals surface area (Å²) >= 11 is 0. The average Bonchev–Trinajstić information content (AvgIpc) is 2.15. The standard InChI is InChI=1S/C13H21OSi/c1-11(12-9-7-6-8-10-12)15(5)14-13(2,3)4/h6-11H,1-5H3/t11-/m0/s1. The van der Waals surface area contributed by atoms with Gasteiger partial charge in [0.25, 0.3) is 0 Å². The third-order valence-electron chi connectivity index (χ3n) is 2.38. The molecule has 0 fully saturated rings. The van der Waals surface area contributed by atoms with Crippen molar-refractivity contribution in [3.63, 3.8) is 0 Å². The van der Waals surface area contributed by atoms with E-state index in [9.17, 15) is 0 Å². The van der Waals surface area contributed by atoms with Crippen molar-refractivity contribution in [2.75, 3.05) is 0 Å². The van der Waals surface area contributed by atoms with Gasteiger partial charge in [0.1, 0.15) is 0 Å². The van der Waals surface area contributed by atoms with Crippen LogP contribution in [0.25, 0.3) is 0 Å². The Bertz CT molecular complexity index is 289. The van der Waals surface area contributed by atoms with Crippen molar-refractivity contribution in [1.29, 1.82) is 0 Å². The quantitative estimate of drug-likeness (QED) is 0.706. The third kappa shape index (κ3) is 4.18. The molecule has 1 aromatic carbocycles. The summed E-state index contributed by atoms with van der Waals surface area (Å²) in [4.78, 5) is 0. The molecule has 0 unspecified atom stereocenters. The van der Waals surface area contributed by atoms with Crippen LogP contribution in [0.5, 0.6) is 0 Å². The van der Waals surface area contributed by atoms with Gasteiger partial charge in [0, 0.05) is 5.60 Å². The third-order valence-corrected chi connectivity index (χ3v) is 4.86. The lowest BCUT2D eigenvalue weighted by molar-refractivity contribution is 0.127. The van der Waals surface area contributed by atoms with Gasteiger partial charge >= 0.3 is 0 Å². The fourth-order valence-electron chi connectivity index (χ4n) is 1.55. The Morgan fingerprint density at radius 1 is 1.13 bits per heavy atom. The molecule has 0 spiro atoms. The van der Waals surface area contributed by atoms with Crippen LogP contribution in [0.4, 0.5) is 0 Å². The Hall–Kier alpha value is -0.603. The molecule has 0 aromatic heterocycles. The Labute approximate surface area is 95.2 Å². The number of rotatable bonds is 3. The van der Waals surface area contributed by atoms with E-state index in [-0.39, 0.29) is 5.60 Å². The van der Waals surface area contributed by atoms with Crippen LogP contribution in [0.15, 0.2) is 30.3 Å². The maximum absolute atomic E-state index is 6.06. The van der Waals surface area contributed by atoms with Crippen molar-refractivity contribution in [2.45, 2.75) is 45.4 Å². The Balaban J connectivity index is 2.65. The summed E-state index contributed by atoms with van der Waals surface area (Å²) in [5.41, 5.74) is 1.90. The molecule has 1 atom stereocenters. The maximum Gasteiger partial charge on any atom is 0.216 e. The zero-order valence-electron chi connectivity index (χ0n) is 10.4. The maximum atomic E-state index is 6.06. The smallest absolute Gasteiger partial charge is 0.216 e. The van der Waals surface area contributed by atoms with Crippen LogP contribution in [0.1, 0.15) is 38.8 Å². The van der Waals surface area contributed by atoms with E-state index < -0.39 is 9.04 Å². The van der Waals surface area contributed by atoms with E-state index in [1.54, 1.807) is 0 Å². The van der Waals surface area contributed by atoms with Gasteiger partial charge in [0.2, 0.25) is 9.04 Å². The van der Waals surface area contributed by atoms with E-state index in [2.05, 4.69) is 64.6 Å². The predicted octanol–water partition coefficient (Wildman–Crippen LogP) is 3.77. The minimum atomic E-state index is -0.777. The minimum Gasteiger partial charge on any atom is -0.412 e. The van der Waals surface area contributed by atoms with Gasteiger partial charge in [-0.05, 0) is 38.4 Å². The molecule has 2 heteroatoms. The predicted molar refractivity (Wildman–Crippen MR) is 67.3 cm³/mol. The molecule has 0 aliphatic carbocycles. The van der Waals surface area contributed by atoms with Gasteiger partial charge in [0.05, 0.1) is 0 Å². The van der Waals surface area contributed by atoms with E-state index in [0.29, 0.717) is 5.54 Å². The van der Waals surface area contributed by atoms with Crippen LogP contribution in [-0.2, 0) is 4.43 Å². The summed E-state index contributed by atoms with van der Waals surface area (Å²) in [6, 6.07) is 10.6. The molecular weight excluding hydrogens is 200 g/mol. The van der Waals surface area contributed by atoms with E-state index in [1.807, 2.05) is 0 Å². The molecule has 0 heterocycles. The largest absolute Gasteiger partial charge is 0.412 e. The number of benzene rings is 1. The molecule has 0 aliphatic rings. The van der Waals surface area contributed by atoms with Gasteiger partial charge in [-0.25, -0.2) is 0 Å². The highest BCUT2D eigenvalue weighted by Crippen LogP contribution is 2.22. The molecular formula is C13H21OSi. The van der Waals surface area contributed by atoms with Crippen LogP contribution in [0.3, 0.4) is 0 Å². The second-order valence-corrected chi connectivity index (χ2v) is 7.25. The van der Waals surface area contributed by atoms with E-state index in [0.717, 1.165) is 0 Å². The van der Waals surface area contributed by atoms with Crippen LogP contribution < -0.4 is 0 Å². The monoisotopic (exact) mass is 221 g/mol. The summed E-state index contributed by atoms with van der Waals surface area (Å²) in [7, 11) is -0.777. The SMILES string of the molecule is C[C@@H](c1ccccc1)[Si](C)OC(C)(C)C. The molecule has 83 valence electrons. The molecule has 0 aliphatic heterocycles. The van der Waals surface area contributed by atoms with Crippen molar-refractivity contribution < 1.29 is 4.43 Å². The lowest BCUT2D eigenvalue weighted by atomic mass is 10.2. The van der Waals surface area contributed by atoms with E-state index in [4.69, 9.17) is 4.43 Å². The van der Waals surface area contributed by atoms with Crippen molar-refractivity contribution in [3.8, 4) is 0 Å². The summed E-state index contributed by atoms with van der Waals surface area (Å²) < 4.78 is 6.06. The molecule has 0 amide bonds. The van der Waals surface area contributed by atoms with E-state index in [1.165, 1.54) is 5.56 Å². The topological polar surface area (TPSA) is 9.23 Å². The average molecular weight is 221 g/mol. The van der Waals surface area contributed by atoms with Gasteiger partial charge in [-0.2, -0.15) is 0 Å². The zero-order valence-corrected chi connectivity index (χ0v) is 11.4. The van der Waals surface area contributed by atoms with Crippen molar-refractivity contribution in [3.05, 3.63) is 35.9 Å². The number of hydrogen-bond donors (Lipinski definition) is 0. The Kier molecular flexibility index (Phi) is 4.11. The summed E-state index contributed by atoms with van der Waals surface area (Å²) in [5, 5.41) is 0. The molecule has 1 nitrogen and oxygen atoms in total. The fourth-order valence-corrected chi connectivity index (χ4v) is 3.35. The Morgan fingerprint density at radius 2 is 1.67 bits per heavy atom. The van der Waals surface area contributed by atoms with Gasteiger partial charge < -0.3 is 4.43 Å². The van der Waals surface area contributed by atoms with Crippen molar-refractivity contribution in [2.24, 2.45) is 0 Å². The van der Waals surface area contributed by atoms with E-state index >= 15 is 0 Å². The normalized spacial score (nSPS) is 14.3. The first-order chi connectivity index (χ1) is 6.90. The zero-order chi connectivity index (χ0) is 11.5. The molecule has 1 radical (unpaired) electrons. The first kappa shape index (κ1) is 12.5. The summed E-state index contributed by atoms with van der Waals surface area (Å²) in [5.74, 6) is 0. The molecule has 1 aromatic rings. The fraction of sp³-hybridized carbons (Fsp3) is 0.538. The van der Waals surface area contributed by atoms with Gasteiger partial charge in [-0.15, -0.1) is 0 Å². The highest BCUT2D eigenvalue weighted by Gasteiger charge is 2.23. The number of hydrogen-bond acceptors (Lipinski definition) is 1. The molecule has 0 N–H and O–H groups in total. The Morgan fingerprint density at radius 3 is 2.13 bits per heavy atom. The second kappa shape index (κ2) is 4.95. The highest BCUT2D eigenvalue weighted by molar-refractivity contribution is 6.52. The first-order valence-corrected chi connectivity index (χ1v) is 7.46. The lowest BCUT2D eigenvalue weighted by Crippen LogP contribution is -2.32. The highest BCUT2D eigenvalue weighted by atomic mass is 28.3. The van der Waals surface area contributed by atoms with Gasteiger partial charge in [0.15, 0.2) is 0 Å². The van der Waals surface area contributed by atoms with Crippen molar-refractivity contribution in [1.82, 2.24) is 0 Å². The van der Waals surface area contributed by atoms with Crippen LogP contribution >= 0.6 is 0 Å². The van der Waals surface area contributed by atoms with Crippen LogP contribution in [-0.4, -0.2) is 14.6 Å². The summed E-state index contributed by atoms with van der Waals surface area (Å²) in [6.45, 7) is 10.9. The lowest BCUT2D eigenvalue weighted by Gasteiger charge is -2.27. The first-order valence-electron chi connectivity index (χ1n) is 5.47. The molecule has 0 saturated heterocycles. The second-order valence-electron chi connectivity index (χ2n) is 4.96. The minimum absolute atomic E-state index is 0.0217. The molecule has 0 saturated carbocycles. The van der Waals surface area contributed by atoms with Crippen LogP contribution in [0.2, 0.25) is 6.55 Å².